The molecule has 0 aromatic heterocycles. The first-order valence-corrected chi connectivity index (χ1v) is 7.50. The molecule has 1 fully saturated rings. The van der Waals surface area contributed by atoms with Crippen molar-refractivity contribution in [2.24, 2.45) is 11.7 Å². The van der Waals surface area contributed by atoms with Crippen molar-refractivity contribution in [3.8, 4) is 0 Å². The molecule has 1 aromatic carbocycles. The molecule has 0 spiro atoms. The minimum Gasteiger partial charge on any atom is -0.330 e. The number of halogens is 1. The summed E-state index contributed by atoms with van der Waals surface area (Å²) in [4.78, 5) is 0. The monoisotopic (exact) mass is 257 g/mol. The summed E-state index contributed by atoms with van der Waals surface area (Å²) in [6.07, 6.45) is 0.598. The van der Waals surface area contributed by atoms with Crippen molar-refractivity contribution in [1.29, 1.82) is 0 Å². The van der Waals surface area contributed by atoms with E-state index in [2.05, 4.69) is 0 Å². The van der Waals surface area contributed by atoms with Crippen LogP contribution in [0.5, 0.6) is 0 Å². The summed E-state index contributed by atoms with van der Waals surface area (Å²) in [7, 11) is -2.98. The molecule has 2 atom stereocenters. The van der Waals surface area contributed by atoms with E-state index in [-0.39, 0.29) is 29.2 Å². The molecule has 1 aliphatic heterocycles. The van der Waals surface area contributed by atoms with Crippen LogP contribution < -0.4 is 5.73 Å². The number of benzene rings is 1. The topological polar surface area (TPSA) is 60.2 Å². The fourth-order valence-corrected chi connectivity index (χ4v) is 4.23. The van der Waals surface area contributed by atoms with Crippen molar-refractivity contribution in [3.05, 3.63) is 35.6 Å². The van der Waals surface area contributed by atoms with Gasteiger partial charge in [0.25, 0.3) is 0 Å². The SMILES string of the molecule is NCC1CCS(=O)(=O)CC1c1ccc(F)cc1. The van der Waals surface area contributed by atoms with Crippen molar-refractivity contribution < 1.29 is 12.8 Å². The minimum absolute atomic E-state index is 0.0978. The van der Waals surface area contributed by atoms with Gasteiger partial charge >= 0.3 is 0 Å². The van der Waals surface area contributed by atoms with Gasteiger partial charge in [-0.25, -0.2) is 12.8 Å². The van der Waals surface area contributed by atoms with Crippen LogP contribution in [0.4, 0.5) is 4.39 Å². The highest BCUT2D eigenvalue weighted by Gasteiger charge is 2.33. The maximum atomic E-state index is 12.8. The molecule has 1 heterocycles. The lowest BCUT2D eigenvalue weighted by Gasteiger charge is -2.30. The molecule has 0 amide bonds. The van der Waals surface area contributed by atoms with E-state index in [1.54, 1.807) is 12.1 Å². The summed E-state index contributed by atoms with van der Waals surface area (Å²) in [6, 6.07) is 6.04. The summed E-state index contributed by atoms with van der Waals surface area (Å²) in [6.45, 7) is 0.470. The number of hydrogen-bond acceptors (Lipinski definition) is 3. The van der Waals surface area contributed by atoms with Gasteiger partial charge in [0.1, 0.15) is 5.82 Å². The van der Waals surface area contributed by atoms with Crippen LogP contribution in [-0.4, -0.2) is 26.5 Å². The Morgan fingerprint density at radius 1 is 1.29 bits per heavy atom. The van der Waals surface area contributed by atoms with Gasteiger partial charge in [-0.1, -0.05) is 12.1 Å². The Morgan fingerprint density at radius 3 is 2.53 bits per heavy atom. The summed E-state index contributed by atoms with van der Waals surface area (Å²) >= 11 is 0. The highest BCUT2D eigenvalue weighted by atomic mass is 32.2. The van der Waals surface area contributed by atoms with Gasteiger partial charge in [0.05, 0.1) is 11.5 Å². The third kappa shape index (κ3) is 2.84. The van der Waals surface area contributed by atoms with Crippen molar-refractivity contribution >= 4 is 9.84 Å². The van der Waals surface area contributed by atoms with Crippen molar-refractivity contribution in [1.82, 2.24) is 0 Å². The van der Waals surface area contributed by atoms with Crippen LogP contribution in [0.1, 0.15) is 17.9 Å². The van der Waals surface area contributed by atoms with Crippen LogP contribution in [0.15, 0.2) is 24.3 Å². The Balaban J connectivity index is 2.29. The second kappa shape index (κ2) is 4.74. The second-order valence-electron chi connectivity index (χ2n) is 4.56. The summed E-state index contributed by atoms with van der Waals surface area (Å²) in [5.74, 6) is 0.104. The normalized spacial score (nSPS) is 27.9. The highest BCUT2D eigenvalue weighted by molar-refractivity contribution is 7.91. The second-order valence-corrected chi connectivity index (χ2v) is 6.79. The van der Waals surface area contributed by atoms with Gasteiger partial charge in [0.2, 0.25) is 0 Å². The Labute approximate surface area is 101 Å². The summed E-state index contributed by atoms with van der Waals surface area (Å²) in [5, 5.41) is 0. The van der Waals surface area contributed by atoms with Crippen LogP contribution >= 0.6 is 0 Å². The summed E-state index contributed by atoms with van der Waals surface area (Å²) < 4.78 is 36.1. The van der Waals surface area contributed by atoms with E-state index in [9.17, 15) is 12.8 Å². The lowest BCUT2D eigenvalue weighted by Crippen LogP contribution is -2.35. The maximum absolute atomic E-state index is 12.8. The van der Waals surface area contributed by atoms with E-state index >= 15 is 0 Å². The average Bonchev–Trinajstić information content (AvgIpc) is 2.29. The number of nitrogens with two attached hydrogens (primary N) is 1. The highest BCUT2D eigenvalue weighted by Crippen LogP contribution is 2.33. The zero-order valence-corrected chi connectivity index (χ0v) is 10.3. The molecular formula is C12H16FNO2S. The Hall–Kier alpha value is -0.940. The molecule has 1 aromatic rings. The molecule has 5 heteroatoms. The standard InChI is InChI=1S/C12H16FNO2S/c13-11-3-1-9(2-4-11)12-8-17(15,16)6-5-10(12)7-14/h1-4,10,12H,5-8,14H2. The van der Waals surface area contributed by atoms with Gasteiger partial charge in [-0.3, -0.25) is 0 Å². The smallest absolute Gasteiger partial charge is 0.150 e. The van der Waals surface area contributed by atoms with E-state index in [0.717, 1.165) is 5.56 Å². The first-order valence-electron chi connectivity index (χ1n) is 5.68. The fourth-order valence-electron chi connectivity index (χ4n) is 2.39. The molecule has 1 aliphatic rings. The van der Waals surface area contributed by atoms with Gasteiger partial charge in [-0.15, -0.1) is 0 Å². The van der Waals surface area contributed by atoms with Crippen LogP contribution in [-0.2, 0) is 9.84 Å². The largest absolute Gasteiger partial charge is 0.330 e. The number of hydrogen-bond donors (Lipinski definition) is 1. The molecule has 94 valence electrons. The molecule has 17 heavy (non-hydrogen) atoms. The molecule has 1 saturated heterocycles. The van der Waals surface area contributed by atoms with E-state index < -0.39 is 9.84 Å². The minimum atomic E-state index is -2.98. The molecule has 0 aliphatic carbocycles. The van der Waals surface area contributed by atoms with Crippen molar-refractivity contribution in [2.45, 2.75) is 12.3 Å². The predicted molar refractivity (Wildman–Crippen MR) is 65.0 cm³/mol. The molecule has 2 unspecified atom stereocenters. The molecule has 3 nitrogen and oxygen atoms in total. The quantitative estimate of drug-likeness (QED) is 0.868. The van der Waals surface area contributed by atoms with Crippen LogP contribution in [0.25, 0.3) is 0 Å². The third-order valence-corrected chi connectivity index (χ3v) is 5.13. The fraction of sp³-hybridized carbons (Fsp3) is 0.500. The molecule has 2 rings (SSSR count). The van der Waals surface area contributed by atoms with Gasteiger partial charge in [-0.2, -0.15) is 0 Å². The molecular weight excluding hydrogens is 241 g/mol. The number of sulfone groups is 1. The van der Waals surface area contributed by atoms with Gasteiger partial charge in [-0.05, 0) is 36.6 Å². The summed E-state index contributed by atoms with van der Waals surface area (Å²) in [5.41, 5.74) is 6.55. The third-order valence-electron chi connectivity index (χ3n) is 3.40. The van der Waals surface area contributed by atoms with E-state index in [4.69, 9.17) is 5.73 Å². The van der Waals surface area contributed by atoms with Gasteiger partial charge < -0.3 is 5.73 Å². The molecule has 0 saturated carbocycles. The zero-order chi connectivity index (χ0) is 12.5. The van der Waals surface area contributed by atoms with Crippen LogP contribution in [0.3, 0.4) is 0 Å². The lowest BCUT2D eigenvalue weighted by molar-refractivity contribution is 0.420. The Bertz CT molecular complexity index is 484. The van der Waals surface area contributed by atoms with E-state index in [0.29, 0.717) is 13.0 Å². The maximum Gasteiger partial charge on any atom is 0.150 e. The average molecular weight is 257 g/mol. The Kier molecular flexibility index (Phi) is 3.49. The van der Waals surface area contributed by atoms with Crippen LogP contribution in [0, 0.1) is 11.7 Å². The van der Waals surface area contributed by atoms with Gasteiger partial charge in [0.15, 0.2) is 9.84 Å². The lowest BCUT2D eigenvalue weighted by atomic mass is 9.85. The first kappa shape index (κ1) is 12.5. The molecule has 2 N–H and O–H groups in total. The van der Waals surface area contributed by atoms with E-state index in [1.165, 1.54) is 12.1 Å². The predicted octanol–water partition coefficient (Wildman–Crippen LogP) is 1.30. The number of rotatable bonds is 2. The first-order chi connectivity index (χ1) is 8.02. The zero-order valence-electron chi connectivity index (χ0n) is 9.47. The molecule has 0 radical (unpaired) electrons. The molecule has 0 bridgehead atoms. The van der Waals surface area contributed by atoms with Gasteiger partial charge in [0, 0.05) is 5.92 Å². The van der Waals surface area contributed by atoms with Crippen LogP contribution in [0.2, 0.25) is 0 Å². The van der Waals surface area contributed by atoms with Crippen molar-refractivity contribution in [2.75, 3.05) is 18.1 Å². The van der Waals surface area contributed by atoms with Crippen molar-refractivity contribution in [3.63, 3.8) is 0 Å². The van der Waals surface area contributed by atoms with E-state index in [1.807, 2.05) is 0 Å². The Morgan fingerprint density at radius 2 is 1.94 bits per heavy atom.